The number of benzene rings is 1. The molecule has 0 spiro atoms. The highest BCUT2D eigenvalue weighted by Gasteiger charge is 1.95. The molecule has 0 atom stereocenters. The van der Waals surface area contributed by atoms with E-state index in [4.69, 9.17) is 10.5 Å². The highest BCUT2D eigenvalue weighted by molar-refractivity contribution is 14.0. The molecule has 0 heterocycles. The first kappa shape index (κ1) is 17.9. The molecule has 0 amide bonds. The second kappa shape index (κ2) is 9.80. The molecule has 0 unspecified atom stereocenters. The molecule has 106 valence electrons. The largest absolute Gasteiger partial charge is 0.380 e. The standard InChI is InChI=1S/C14H21N3O.HI/c1-11(2)8-16-14(15)17-9-12-4-6-13(7-5-12)10-18-3;/h4-7H,1,8-10H2,2-3H3,(H3,15,16,17);1H. The first-order chi connectivity index (χ1) is 8.61. The van der Waals surface area contributed by atoms with Gasteiger partial charge in [0, 0.05) is 13.7 Å². The minimum Gasteiger partial charge on any atom is -0.380 e. The van der Waals surface area contributed by atoms with Gasteiger partial charge >= 0.3 is 0 Å². The monoisotopic (exact) mass is 375 g/mol. The van der Waals surface area contributed by atoms with Gasteiger partial charge in [0.25, 0.3) is 0 Å². The lowest BCUT2D eigenvalue weighted by atomic mass is 10.1. The van der Waals surface area contributed by atoms with Crippen molar-refractivity contribution < 1.29 is 4.74 Å². The van der Waals surface area contributed by atoms with Crippen molar-refractivity contribution in [3.63, 3.8) is 0 Å². The average Bonchev–Trinajstić information content (AvgIpc) is 2.36. The van der Waals surface area contributed by atoms with Gasteiger partial charge < -0.3 is 15.8 Å². The number of nitrogens with zero attached hydrogens (tertiary/aromatic N) is 1. The Bertz CT molecular complexity index is 415. The van der Waals surface area contributed by atoms with Crippen LogP contribution in [0.5, 0.6) is 0 Å². The number of ether oxygens (including phenoxy) is 1. The zero-order valence-corrected chi connectivity index (χ0v) is 13.8. The molecule has 1 aromatic rings. The number of nitrogens with one attached hydrogen (secondary N) is 1. The second-order valence-electron chi connectivity index (χ2n) is 4.26. The Morgan fingerprint density at radius 2 is 1.89 bits per heavy atom. The Balaban J connectivity index is 0.00000324. The van der Waals surface area contributed by atoms with Gasteiger partial charge in [0.15, 0.2) is 5.96 Å². The van der Waals surface area contributed by atoms with E-state index in [-0.39, 0.29) is 24.0 Å². The molecule has 0 aliphatic rings. The summed E-state index contributed by atoms with van der Waals surface area (Å²) in [7, 11) is 1.69. The van der Waals surface area contributed by atoms with Crippen LogP contribution in [-0.2, 0) is 17.9 Å². The van der Waals surface area contributed by atoms with E-state index in [0.717, 1.165) is 16.7 Å². The molecular weight excluding hydrogens is 353 g/mol. The van der Waals surface area contributed by atoms with Crippen molar-refractivity contribution >= 4 is 29.9 Å². The fourth-order valence-corrected chi connectivity index (χ4v) is 1.38. The number of aliphatic imine (C=N–C) groups is 1. The lowest BCUT2D eigenvalue weighted by Crippen LogP contribution is -2.32. The summed E-state index contributed by atoms with van der Waals surface area (Å²) in [6, 6.07) is 8.13. The van der Waals surface area contributed by atoms with E-state index in [1.165, 1.54) is 0 Å². The minimum atomic E-state index is 0. The first-order valence-electron chi connectivity index (χ1n) is 5.86. The first-order valence-corrected chi connectivity index (χ1v) is 5.86. The van der Waals surface area contributed by atoms with E-state index in [0.29, 0.717) is 25.7 Å². The summed E-state index contributed by atoms with van der Waals surface area (Å²) in [5, 5.41) is 2.99. The molecule has 0 saturated carbocycles. The Morgan fingerprint density at radius 1 is 1.32 bits per heavy atom. The van der Waals surface area contributed by atoms with E-state index >= 15 is 0 Å². The normalized spacial score (nSPS) is 10.7. The van der Waals surface area contributed by atoms with Crippen LogP contribution < -0.4 is 11.1 Å². The van der Waals surface area contributed by atoms with Gasteiger partial charge in [-0.25, -0.2) is 4.99 Å². The van der Waals surface area contributed by atoms with Gasteiger partial charge in [0.05, 0.1) is 13.2 Å². The van der Waals surface area contributed by atoms with E-state index in [1.54, 1.807) is 7.11 Å². The van der Waals surface area contributed by atoms with Crippen molar-refractivity contribution in [1.29, 1.82) is 0 Å². The van der Waals surface area contributed by atoms with Crippen LogP contribution in [0.25, 0.3) is 0 Å². The van der Waals surface area contributed by atoms with Crippen LogP contribution in [0.4, 0.5) is 0 Å². The lowest BCUT2D eigenvalue weighted by Gasteiger charge is -2.05. The summed E-state index contributed by atoms with van der Waals surface area (Å²) >= 11 is 0. The quantitative estimate of drug-likeness (QED) is 0.348. The molecular formula is C14H22IN3O. The topological polar surface area (TPSA) is 59.6 Å². The minimum absolute atomic E-state index is 0. The zero-order chi connectivity index (χ0) is 13.4. The molecule has 5 heteroatoms. The van der Waals surface area contributed by atoms with Gasteiger partial charge in [-0.05, 0) is 18.1 Å². The number of guanidine groups is 1. The van der Waals surface area contributed by atoms with Crippen LogP contribution in [0.2, 0.25) is 0 Å². The Kier molecular flexibility index (Phi) is 9.24. The van der Waals surface area contributed by atoms with Crippen LogP contribution >= 0.6 is 24.0 Å². The van der Waals surface area contributed by atoms with E-state index in [9.17, 15) is 0 Å². The third-order valence-corrected chi connectivity index (χ3v) is 2.34. The number of rotatable bonds is 6. The molecule has 0 radical (unpaired) electrons. The van der Waals surface area contributed by atoms with Crippen molar-refractivity contribution in [2.24, 2.45) is 10.7 Å². The van der Waals surface area contributed by atoms with Crippen molar-refractivity contribution in [3.8, 4) is 0 Å². The summed E-state index contributed by atoms with van der Waals surface area (Å²) in [4.78, 5) is 4.25. The SMILES string of the molecule is C=C(C)CNC(N)=NCc1ccc(COC)cc1.I. The fraction of sp³-hybridized carbons (Fsp3) is 0.357. The molecule has 0 aromatic heterocycles. The van der Waals surface area contributed by atoms with Crippen molar-refractivity contribution in [2.45, 2.75) is 20.1 Å². The molecule has 0 aliphatic carbocycles. The maximum atomic E-state index is 5.73. The summed E-state index contributed by atoms with van der Waals surface area (Å²) in [5.74, 6) is 0.443. The highest BCUT2D eigenvalue weighted by Crippen LogP contribution is 2.06. The average molecular weight is 375 g/mol. The maximum absolute atomic E-state index is 5.73. The smallest absolute Gasteiger partial charge is 0.189 e. The Morgan fingerprint density at radius 3 is 2.42 bits per heavy atom. The molecule has 0 aliphatic heterocycles. The van der Waals surface area contributed by atoms with Crippen LogP contribution in [-0.4, -0.2) is 19.6 Å². The Labute approximate surface area is 132 Å². The number of halogens is 1. The Hall–Kier alpha value is -1.08. The van der Waals surface area contributed by atoms with Gasteiger partial charge in [0.1, 0.15) is 0 Å². The summed E-state index contributed by atoms with van der Waals surface area (Å²) in [5.41, 5.74) is 9.02. The van der Waals surface area contributed by atoms with Crippen molar-refractivity contribution in [3.05, 3.63) is 47.5 Å². The molecule has 0 bridgehead atoms. The predicted octanol–water partition coefficient (Wildman–Crippen LogP) is 2.43. The molecule has 0 fully saturated rings. The predicted molar refractivity (Wildman–Crippen MR) is 90.7 cm³/mol. The second-order valence-corrected chi connectivity index (χ2v) is 4.26. The number of methoxy groups -OCH3 is 1. The molecule has 0 saturated heterocycles. The lowest BCUT2D eigenvalue weighted by molar-refractivity contribution is 0.185. The van der Waals surface area contributed by atoms with E-state index in [1.807, 2.05) is 31.2 Å². The van der Waals surface area contributed by atoms with Gasteiger partial charge in [-0.15, -0.1) is 24.0 Å². The third-order valence-electron chi connectivity index (χ3n) is 2.34. The van der Waals surface area contributed by atoms with Crippen molar-refractivity contribution in [1.82, 2.24) is 5.32 Å². The molecule has 1 rings (SSSR count). The fourth-order valence-electron chi connectivity index (χ4n) is 1.38. The van der Waals surface area contributed by atoms with Gasteiger partial charge in [0.2, 0.25) is 0 Å². The van der Waals surface area contributed by atoms with Gasteiger partial charge in [-0.2, -0.15) is 0 Å². The summed E-state index contributed by atoms with van der Waals surface area (Å²) in [6.07, 6.45) is 0. The van der Waals surface area contributed by atoms with E-state index in [2.05, 4.69) is 16.9 Å². The van der Waals surface area contributed by atoms with Gasteiger partial charge in [-0.3, -0.25) is 0 Å². The molecule has 4 nitrogen and oxygen atoms in total. The maximum Gasteiger partial charge on any atom is 0.189 e. The number of hydrogen-bond acceptors (Lipinski definition) is 2. The molecule has 1 aromatic carbocycles. The van der Waals surface area contributed by atoms with Gasteiger partial charge in [-0.1, -0.05) is 36.4 Å². The molecule has 3 N–H and O–H groups in total. The number of nitrogens with two attached hydrogens (primary N) is 1. The summed E-state index contributed by atoms with van der Waals surface area (Å²) < 4.78 is 5.05. The zero-order valence-electron chi connectivity index (χ0n) is 11.5. The van der Waals surface area contributed by atoms with Crippen LogP contribution in [0.15, 0.2) is 41.4 Å². The third kappa shape index (κ3) is 7.84. The molecule has 19 heavy (non-hydrogen) atoms. The van der Waals surface area contributed by atoms with Crippen LogP contribution in [0.3, 0.4) is 0 Å². The number of hydrogen-bond donors (Lipinski definition) is 2. The highest BCUT2D eigenvalue weighted by atomic mass is 127. The van der Waals surface area contributed by atoms with Crippen LogP contribution in [0.1, 0.15) is 18.1 Å². The van der Waals surface area contributed by atoms with E-state index < -0.39 is 0 Å². The van der Waals surface area contributed by atoms with Crippen LogP contribution in [0, 0.1) is 0 Å². The van der Waals surface area contributed by atoms with Crippen molar-refractivity contribution in [2.75, 3.05) is 13.7 Å². The summed E-state index contributed by atoms with van der Waals surface area (Å²) in [6.45, 7) is 7.58.